The van der Waals surface area contributed by atoms with Gasteiger partial charge in [-0.2, -0.15) is 0 Å². The van der Waals surface area contributed by atoms with E-state index in [2.05, 4.69) is 43.4 Å². The largest absolute Gasteiger partial charge is 0.382 e. The summed E-state index contributed by atoms with van der Waals surface area (Å²) in [4.78, 5) is 0. The molecular formula is C22H37N. The fraction of sp³-hybridized carbons (Fsp3) is 0.727. The molecule has 0 spiro atoms. The lowest BCUT2D eigenvalue weighted by molar-refractivity contribution is 0.313. The molecule has 0 amide bonds. The highest BCUT2D eigenvalue weighted by Crippen LogP contribution is 2.30. The molecule has 1 saturated carbocycles. The maximum absolute atomic E-state index is 3.76. The highest BCUT2D eigenvalue weighted by atomic mass is 14.9. The quantitative estimate of drug-likeness (QED) is 0.460. The summed E-state index contributed by atoms with van der Waals surface area (Å²) in [5.41, 5.74) is 2.81. The average molecular weight is 316 g/mol. The van der Waals surface area contributed by atoms with Gasteiger partial charge in [0, 0.05) is 11.7 Å². The van der Waals surface area contributed by atoms with Crippen LogP contribution in [0, 0.1) is 5.92 Å². The number of unbranched alkanes of at least 4 members (excludes halogenated alkanes) is 4. The minimum Gasteiger partial charge on any atom is -0.382 e. The van der Waals surface area contributed by atoms with Gasteiger partial charge in [-0.3, -0.25) is 0 Å². The van der Waals surface area contributed by atoms with Crippen LogP contribution >= 0.6 is 0 Å². The van der Waals surface area contributed by atoms with E-state index in [9.17, 15) is 0 Å². The van der Waals surface area contributed by atoms with Crippen LogP contribution in [0.25, 0.3) is 0 Å². The molecule has 1 aliphatic rings. The third-order valence-electron chi connectivity index (χ3n) is 5.46. The molecule has 0 unspecified atom stereocenters. The molecule has 0 aliphatic heterocycles. The van der Waals surface area contributed by atoms with E-state index in [1.165, 1.54) is 88.3 Å². The van der Waals surface area contributed by atoms with Crippen molar-refractivity contribution in [2.45, 2.75) is 96.9 Å². The summed E-state index contributed by atoms with van der Waals surface area (Å²) in [5.74, 6) is 1.00. The molecule has 1 aliphatic carbocycles. The zero-order valence-corrected chi connectivity index (χ0v) is 15.4. The molecule has 23 heavy (non-hydrogen) atoms. The maximum Gasteiger partial charge on any atom is 0.0342 e. The minimum atomic E-state index is 0.698. The van der Waals surface area contributed by atoms with Crippen molar-refractivity contribution in [3.63, 3.8) is 0 Å². The topological polar surface area (TPSA) is 12.0 Å². The average Bonchev–Trinajstić information content (AvgIpc) is 2.58. The Morgan fingerprint density at radius 3 is 2.13 bits per heavy atom. The first-order valence-electron chi connectivity index (χ1n) is 10.2. The third-order valence-corrected chi connectivity index (χ3v) is 5.46. The fourth-order valence-electron chi connectivity index (χ4n) is 3.86. The minimum absolute atomic E-state index is 0.698. The standard InChI is InChI=1S/C22H37N/c1-3-5-7-9-19-11-15-21(16-12-19)23-22-17-13-20(14-18-22)10-8-6-4-2/h11-12,15-16,20,22-23H,3-10,13-14,17-18H2,1-2H3. The summed E-state index contributed by atoms with van der Waals surface area (Å²) in [6.07, 6.45) is 16.5. The van der Waals surface area contributed by atoms with Crippen LogP contribution in [0.5, 0.6) is 0 Å². The van der Waals surface area contributed by atoms with Crippen LogP contribution < -0.4 is 5.32 Å². The smallest absolute Gasteiger partial charge is 0.0342 e. The van der Waals surface area contributed by atoms with Gasteiger partial charge in [-0.1, -0.05) is 64.5 Å². The molecule has 1 fully saturated rings. The summed E-state index contributed by atoms with van der Waals surface area (Å²) in [6, 6.07) is 9.90. The molecule has 130 valence electrons. The Balaban J connectivity index is 1.67. The zero-order valence-electron chi connectivity index (χ0n) is 15.4. The lowest BCUT2D eigenvalue weighted by Gasteiger charge is -2.30. The number of nitrogens with one attached hydrogen (secondary N) is 1. The van der Waals surface area contributed by atoms with Gasteiger partial charge in [0.2, 0.25) is 0 Å². The molecule has 1 heteroatoms. The van der Waals surface area contributed by atoms with Gasteiger partial charge >= 0.3 is 0 Å². The van der Waals surface area contributed by atoms with Gasteiger partial charge in [-0.25, -0.2) is 0 Å². The molecule has 0 heterocycles. The SMILES string of the molecule is CCCCCc1ccc(NC2CCC(CCCCC)CC2)cc1. The van der Waals surface area contributed by atoms with E-state index in [1.54, 1.807) is 0 Å². The molecule has 0 saturated heterocycles. The molecule has 0 aromatic heterocycles. The van der Waals surface area contributed by atoms with Crippen LogP contribution in [0.3, 0.4) is 0 Å². The van der Waals surface area contributed by atoms with E-state index in [4.69, 9.17) is 0 Å². The predicted octanol–water partition coefficient (Wildman–Crippen LogP) is 6.97. The molecule has 0 atom stereocenters. The van der Waals surface area contributed by atoms with Crippen LogP contribution in [0.2, 0.25) is 0 Å². The van der Waals surface area contributed by atoms with Crippen LogP contribution in [-0.4, -0.2) is 6.04 Å². The van der Waals surface area contributed by atoms with Gasteiger partial charge in [0.1, 0.15) is 0 Å². The second kappa shape index (κ2) is 10.7. The number of hydrogen-bond acceptors (Lipinski definition) is 1. The highest BCUT2D eigenvalue weighted by Gasteiger charge is 2.20. The second-order valence-corrected chi connectivity index (χ2v) is 7.51. The first-order chi connectivity index (χ1) is 11.3. The normalized spacial score (nSPS) is 21.3. The molecule has 2 rings (SSSR count). The third kappa shape index (κ3) is 6.97. The van der Waals surface area contributed by atoms with Crippen molar-refractivity contribution in [2.24, 2.45) is 5.92 Å². The van der Waals surface area contributed by atoms with Gasteiger partial charge < -0.3 is 5.32 Å². The van der Waals surface area contributed by atoms with E-state index in [0.717, 1.165) is 5.92 Å². The van der Waals surface area contributed by atoms with E-state index in [0.29, 0.717) is 6.04 Å². The van der Waals surface area contributed by atoms with Crippen LogP contribution in [0.4, 0.5) is 5.69 Å². The van der Waals surface area contributed by atoms with Gasteiger partial charge in [-0.05, 0) is 62.1 Å². The molecule has 0 radical (unpaired) electrons. The van der Waals surface area contributed by atoms with Crippen molar-refractivity contribution < 1.29 is 0 Å². The Morgan fingerprint density at radius 2 is 1.48 bits per heavy atom. The van der Waals surface area contributed by atoms with Crippen molar-refractivity contribution >= 4 is 5.69 Å². The first-order valence-corrected chi connectivity index (χ1v) is 10.2. The van der Waals surface area contributed by atoms with Crippen molar-refractivity contribution in [1.29, 1.82) is 0 Å². The van der Waals surface area contributed by atoms with Crippen molar-refractivity contribution in [3.05, 3.63) is 29.8 Å². The van der Waals surface area contributed by atoms with E-state index < -0.39 is 0 Å². The first kappa shape index (κ1) is 18.4. The number of benzene rings is 1. The van der Waals surface area contributed by atoms with E-state index >= 15 is 0 Å². The zero-order chi connectivity index (χ0) is 16.3. The lowest BCUT2D eigenvalue weighted by Crippen LogP contribution is -2.26. The molecule has 1 nitrogen and oxygen atoms in total. The van der Waals surface area contributed by atoms with E-state index in [1.807, 2.05) is 0 Å². The van der Waals surface area contributed by atoms with Crippen LogP contribution in [-0.2, 0) is 6.42 Å². The summed E-state index contributed by atoms with van der Waals surface area (Å²) in [6.45, 7) is 4.57. The van der Waals surface area contributed by atoms with Gasteiger partial charge in [0.05, 0.1) is 0 Å². The number of rotatable bonds is 10. The summed E-state index contributed by atoms with van der Waals surface area (Å²) in [7, 11) is 0. The number of aryl methyl sites for hydroxylation is 1. The molecule has 1 N–H and O–H groups in total. The Kier molecular flexibility index (Phi) is 8.57. The van der Waals surface area contributed by atoms with Gasteiger partial charge in [-0.15, -0.1) is 0 Å². The summed E-state index contributed by atoms with van der Waals surface area (Å²) < 4.78 is 0. The fourth-order valence-corrected chi connectivity index (χ4v) is 3.86. The second-order valence-electron chi connectivity index (χ2n) is 7.51. The van der Waals surface area contributed by atoms with Gasteiger partial charge in [0.25, 0.3) is 0 Å². The molecular weight excluding hydrogens is 278 g/mol. The summed E-state index contributed by atoms with van der Waals surface area (Å²) in [5, 5.41) is 3.76. The molecule has 0 bridgehead atoms. The maximum atomic E-state index is 3.76. The van der Waals surface area contributed by atoms with E-state index in [-0.39, 0.29) is 0 Å². The van der Waals surface area contributed by atoms with Crippen LogP contribution in [0.1, 0.15) is 90.0 Å². The Bertz CT molecular complexity index is 400. The Morgan fingerprint density at radius 1 is 0.826 bits per heavy atom. The van der Waals surface area contributed by atoms with Crippen molar-refractivity contribution in [3.8, 4) is 0 Å². The predicted molar refractivity (Wildman–Crippen MR) is 103 cm³/mol. The molecule has 1 aromatic rings. The monoisotopic (exact) mass is 315 g/mol. The highest BCUT2D eigenvalue weighted by molar-refractivity contribution is 5.45. The lowest BCUT2D eigenvalue weighted by atomic mass is 9.83. The molecule has 1 aromatic carbocycles. The number of anilines is 1. The van der Waals surface area contributed by atoms with Gasteiger partial charge in [0.15, 0.2) is 0 Å². The number of hydrogen-bond donors (Lipinski definition) is 1. The van der Waals surface area contributed by atoms with Crippen LogP contribution in [0.15, 0.2) is 24.3 Å². The Hall–Kier alpha value is -0.980. The summed E-state index contributed by atoms with van der Waals surface area (Å²) >= 11 is 0. The van der Waals surface area contributed by atoms with Crippen molar-refractivity contribution in [2.75, 3.05) is 5.32 Å². The Labute approximate surface area is 144 Å². The van der Waals surface area contributed by atoms with Crippen molar-refractivity contribution in [1.82, 2.24) is 0 Å².